The predicted octanol–water partition coefficient (Wildman–Crippen LogP) is 2.28. The van der Waals surface area contributed by atoms with Crippen molar-refractivity contribution in [2.24, 2.45) is 0 Å². The van der Waals surface area contributed by atoms with E-state index < -0.39 is 8.80 Å². The van der Waals surface area contributed by atoms with Gasteiger partial charge in [-0.25, -0.2) is 0 Å². The number of phenols is 1. The Morgan fingerprint density at radius 2 is 1.44 bits per heavy atom. The van der Waals surface area contributed by atoms with Gasteiger partial charge in [-0.3, -0.25) is 0 Å². The van der Waals surface area contributed by atoms with Crippen LogP contribution in [-0.4, -0.2) is 35.2 Å². The van der Waals surface area contributed by atoms with E-state index >= 15 is 0 Å². The maximum atomic E-state index is 8.63. The van der Waals surface area contributed by atoms with Crippen molar-refractivity contribution in [3.05, 3.63) is 30.3 Å². The summed E-state index contributed by atoms with van der Waals surface area (Å²) in [7, 11) is 2.65. The van der Waals surface area contributed by atoms with Crippen LogP contribution in [-0.2, 0) is 13.3 Å². The van der Waals surface area contributed by atoms with Gasteiger partial charge in [-0.05, 0) is 12.1 Å². The SMILES string of the molecule is CC[Si](OC)(OC)OC.Oc1ccccc1. The minimum absolute atomic E-state index is 0.322. The first-order valence-corrected chi connectivity index (χ1v) is 6.96. The molecule has 1 N–H and O–H groups in total. The highest BCUT2D eigenvalue weighted by Gasteiger charge is 2.34. The van der Waals surface area contributed by atoms with E-state index in [1.807, 2.05) is 13.0 Å². The van der Waals surface area contributed by atoms with Gasteiger partial charge >= 0.3 is 8.80 Å². The number of benzene rings is 1. The largest absolute Gasteiger partial charge is 0.508 e. The Balaban J connectivity index is 0.000000288. The summed E-state index contributed by atoms with van der Waals surface area (Å²) >= 11 is 0. The van der Waals surface area contributed by atoms with Crippen molar-refractivity contribution in [2.75, 3.05) is 21.3 Å². The number of aromatic hydroxyl groups is 1. The van der Waals surface area contributed by atoms with Crippen LogP contribution in [0, 0.1) is 0 Å². The van der Waals surface area contributed by atoms with E-state index in [-0.39, 0.29) is 0 Å². The van der Waals surface area contributed by atoms with Crippen molar-refractivity contribution >= 4 is 8.80 Å². The van der Waals surface area contributed by atoms with Gasteiger partial charge in [-0.15, -0.1) is 0 Å². The highest BCUT2D eigenvalue weighted by Crippen LogP contribution is 2.10. The molecule has 0 saturated carbocycles. The minimum Gasteiger partial charge on any atom is -0.508 e. The Kier molecular flexibility index (Phi) is 7.83. The first-order chi connectivity index (χ1) is 7.64. The molecule has 0 bridgehead atoms. The van der Waals surface area contributed by atoms with Crippen LogP contribution in [0.3, 0.4) is 0 Å². The summed E-state index contributed by atoms with van der Waals surface area (Å²) in [6.45, 7) is 1.99. The molecule has 0 atom stereocenters. The highest BCUT2D eigenvalue weighted by atomic mass is 28.4. The van der Waals surface area contributed by atoms with Crippen molar-refractivity contribution in [3.63, 3.8) is 0 Å². The van der Waals surface area contributed by atoms with Crippen molar-refractivity contribution in [3.8, 4) is 5.75 Å². The molecule has 1 rings (SSSR count). The molecule has 4 nitrogen and oxygen atoms in total. The second-order valence-electron chi connectivity index (χ2n) is 2.98. The highest BCUT2D eigenvalue weighted by molar-refractivity contribution is 6.60. The van der Waals surface area contributed by atoms with Crippen LogP contribution in [0.4, 0.5) is 0 Å². The van der Waals surface area contributed by atoms with Gasteiger partial charge in [0.1, 0.15) is 5.75 Å². The molecule has 0 heterocycles. The van der Waals surface area contributed by atoms with Gasteiger partial charge in [0.15, 0.2) is 0 Å². The zero-order chi connectivity index (χ0) is 12.4. The average molecular weight is 244 g/mol. The summed E-state index contributed by atoms with van der Waals surface area (Å²) in [5.74, 6) is 0.322. The maximum absolute atomic E-state index is 8.63. The van der Waals surface area contributed by atoms with E-state index in [4.69, 9.17) is 18.4 Å². The Hall–Kier alpha value is -0.883. The molecule has 0 fully saturated rings. The Morgan fingerprint density at radius 1 is 1.00 bits per heavy atom. The zero-order valence-electron chi connectivity index (χ0n) is 10.3. The quantitative estimate of drug-likeness (QED) is 0.825. The van der Waals surface area contributed by atoms with Crippen LogP contribution in [0.5, 0.6) is 5.75 Å². The fourth-order valence-corrected chi connectivity index (χ4v) is 2.48. The Morgan fingerprint density at radius 3 is 1.56 bits per heavy atom. The molecule has 0 aliphatic heterocycles. The van der Waals surface area contributed by atoms with Gasteiger partial charge < -0.3 is 18.4 Å². The summed E-state index contributed by atoms with van der Waals surface area (Å²) in [5.41, 5.74) is 0. The zero-order valence-corrected chi connectivity index (χ0v) is 11.3. The molecular formula is C11H20O4Si. The lowest BCUT2D eigenvalue weighted by Crippen LogP contribution is -2.41. The van der Waals surface area contributed by atoms with Crippen LogP contribution in [0.1, 0.15) is 6.92 Å². The average Bonchev–Trinajstić information content (AvgIpc) is 2.35. The van der Waals surface area contributed by atoms with Gasteiger partial charge in [0, 0.05) is 27.4 Å². The second kappa shape index (κ2) is 8.29. The topological polar surface area (TPSA) is 47.9 Å². The standard InChI is InChI=1S/C6H6O.C5H14O3Si/c7-6-4-2-1-3-5-6;1-5-9(6-2,7-3)8-4/h1-5,7H;5H2,1-4H3. The van der Waals surface area contributed by atoms with E-state index in [0.717, 1.165) is 6.04 Å². The molecule has 0 amide bonds. The van der Waals surface area contributed by atoms with E-state index in [9.17, 15) is 0 Å². The molecule has 16 heavy (non-hydrogen) atoms. The maximum Gasteiger partial charge on any atom is 0.499 e. The monoisotopic (exact) mass is 244 g/mol. The van der Waals surface area contributed by atoms with Crippen molar-refractivity contribution < 1.29 is 18.4 Å². The normalized spacial score (nSPS) is 10.5. The van der Waals surface area contributed by atoms with Gasteiger partial charge in [0.2, 0.25) is 0 Å². The molecule has 0 aliphatic rings. The third-order valence-corrected chi connectivity index (χ3v) is 4.85. The van der Waals surface area contributed by atoms with Crippen LogP contribution < -0.4 is 0 Å². The summed E-state index contributed by atoms with van der Waals surface area (Å²) in [6.07, 6.45) is 0. The fourth-order valence-electron chi connectivity index (χ4n) is 1.11. The number of rotatable bonds is 4. The Bertz CT molecular complexity index is 244. The van der Waals surface area contributed by atoms with E-state index in [0.29, 0.717) is 5.75 Å². The van der Waals surface area contributed by atoms with Crippen LogP contribution >= 0.6 is 0 Å². The van der Waals surface area contributed by atoms with E-state index in [1.54, 1.807) is 45.6 Å². The first kappa shape index (κ1) is 15.1. The number of phenolic OH excluding ortho intramolecular Hbond substituents is 1. The molecule has 0 saturated heterocycles. The molecule has 0 radical (unpaired) electrons. The second-order valence-corrected chi connectivity index (χ2v) is 6.28. The van der Waals surface area contributed by atoms with Gasteiger partial charge in [0.05, 0.1) is 0 Å². The molecule has 5 heteroatoms. The smallest absolute Gasteiger partial charge is 0.499 e. The van der Waals surface area contributed by atoms with E-state index in [1.165, 1.54) is 0 Å². The number of hydrogen-bond donors (Lipinski definition) is 1. The molecule has 1 aromatic rings. The third-order valence-electron chi connectivity index (χ3n) is 2.12. The molecule has 1 aromatic carbocycles. The lowest BCUT2D eigenvalue weighted by molar-refractivity contribution is 0.125. The lowest BCUT2D eigenvalue weighted by Gasteiger charge is -2.22. The molecule has 0 spiro atoms. The molecule has 0 aliphatic carbocycles. The van der Waals surface area contributed by atoms with Crippen LogP contribution in [0.2, 0.25) is 6.04 Å². The van der Waals surface area contributed by atoms with Crippen molar-refractivity contribution in [1.82, 2.24) is 0 Å². The van der Waals surface area contributed by atoms with Crippen molar-refractivity contribution in [2.45, 2.75) is 13.0 Å². The van der Waals surface area contributed by atoms with Gasteiger partial charge in [-0.2, -0.15) is 0 Å². The fraction of sp³-hybridized carbons (Fsp3) is 0.455. The summed E-state index contributed by atoms with van der Waals surface area (Å²) in [5, 5.41) is 8.63. The van der Waals surface area contributed by atoms with Crippen LogP contribution in [0.25, 0.3) is 0 Å². The van der Waals surface area contributed by atoms with Gasteiger partial charge in [-0.1, -0.05) is 25.1 Å². The lowest BCUT2D eigenvalue weighted by atomic mass is 10.3. The summed E-state index contributed by atoms with van der Waals surface area (Å²) < 4.78 is 15.2. The molecule has 92 valence electrons. The molecule has 0 aromatic heterocycles. The molecular weight excluding hydrogens is 224 g/mol. The molecule has 0 unspecified atom stereocenters. The number of hydrogen-bond acceptors (Lipinski definition) is 4. The minimum atomic E-state index is -2.19. The number of para-hydroxylation sites is 1. The summed E-state index contributed by atoms with van der Waals surface area (Å²) in [4.78, 5) is 0. The summed E-state index contributed by atoms with van der Waals surface area (Å²) in [6, 6.07) is 9.53. The van der Waals surface area contributed by atoms with Gasteiger partial charge in [0.25, 0.3) is 0 Å². The Labute approximate surface area is 98.1 Å². The predicted molar refractivity (Wildman–Crippen MR) is 65.4 cm³/mol. The van der Waals surface area contributed by atoms with Crippen LogP contribution in [0.15, 0.2) is 30.3 Å². The van der Waals surface area contributed by atoms with Crippen molar-refractivity contribution in [1.29, 1.82) is 0 Å². The third kappa shape index (κ3) is 5.27. The van der Waals surface area contributed by atoms with E-state index in [2.05, 4.69) is 0 Å². The first-order valence-electron chi connectivity index (χ1n) is 5.03.